The first-order valence-corrected chi connectivity index (χ1v) is 7.96. The first-order valence-electron chi connectivity index (χ1n) is 6.57. The summed E-state index contributed by atoms with van der Waals surface area (Å²) in [6.45, 7) is 1.24. The van der Waals surface area contributed by atoms with E-state index in [0.29, 0.717) is 12.5 Å². The number of thioether (sulfide) groups is 1. The van der Waals surface area contributed by atoms with E-state index in [1.165, 1.54) is 12.1 Å². The highest BCUT2D eigenvalue weighted by Gasteiger charge is 2.29. The fourth-order valence-corrected chi connectivity index (χ4v) is 2.07. The molecule has 0 saturated heterocycles. The average Bonchev–Trinajstić information content (AvgIpc) is 2.46. The molecule has 0 spiro atoms. The van der Waals surface area contributed by atoms with Crippen molar-refractivity contribution in [1.29, 1.82) is 0 Å². The van der Waals surface area contributed by atoms with Crippen LogP contribution in [0.1, 0.15) is 17.5 Å². The first-order chi connectivity index (χ1) is 9.97. The number of halogens is 3. The van der Waals surface area contributed by atoms with Crippen molar-refractivity contribution < 1.29 is 13.2 Å². The van der Waals surface area contributed by atoms with E-state index in [0.717, 1.165) is 36.4 Å². The summed E-state index contributed by atoms with van der Waals surface area (Å²) < 4.78 is 37.3. The summed E-state index contributed by atoms with van der Waals surface area (Å²) in [7, 11) is 1.66. The molecule has 0 heterocycles. The lowest BCUT2D eigenvalue weighted by molar-refractivity contribution is -0.137. The molecule has 0 radical (unpaired) electrons. The van der Waals surface area contributed by atoms with Crippen molar-refractivity contribution in [3.8, 4) is 0 Å². The molecule has 0 atom stereocenters. The van der Waals surface area contributed by atoms with Gasteiger partial charge in [-0.3, -0.25) is 4.99 Å². The second-order valence-electron chi connectivity index (χ2n) is 4.39. The van der Waals surface area contributed by atoms with Crippen molar-refractivity contribution >= 4 is 17.7 Å². The number of nitrogens with zero attached hydrogens (tertiary/aromatic N) is 1. The standard InChI is InChI=1S/C14H20F3N3S/c1-18-13(19-8-3-9-21-2)20-10-11-4-6-12(7-5-11)14(15,16)17/h4-7H,3,8-10H2,1-2H3,(H2,18,19,20). The molecule has 0 bridgehead atoms. The van der Waals surface area contributed by atoms with Crippen molar-refractivity contribution in [2.75, 3.05) is 25.6 Å². The van der Waals surface area contributed by atoms with Crippen LogP contribution >= 0.6 is 11.8 Å². The lowest BCUT2D eigenvalue weighted by Crippen LogP contribution is -2.37. The molecule has 0 unspecified atom stereocenters. The Hall–Kier alpha value is -1.37. The minimum Gasteiger partial charge on any atom is -0.356 e. The normalized spacial score (nSPS) is 12.3. The molecule has 0 aliphatic carbocycles. The third-order valence-corrected chi connectivity index (χ3v) is 3.48. The highest BCUT2D eigenvalue weighted by atomic mass is 32.2. The van der Waals surface area contributed by atoms with E-state index < -0.39 is 11.7 Å². The molecule has 21 heavy (non-hydrogen) atoms. The maximum absolute atomic E-state index is 12.4. The summed E-state index contributed by atoms with van der Waals surface area (Å²) in [6, 6.07) is 5.12. The molecule has 0 fully saturated rings. The topological polar surface area (TPSA) is 36.4 Å². The van der Waals surface area contributed by atoms with Gasteiger partial charge in [-0.05, 0) is 36.1 Å². The van der Waals surface area contributed by atoms with Gasteiger partial charge in [0.1, 0.15) is 0 Å². The van der Waals surface area contributed by atoms with Gasteiger partial charge in [0.05, 0.1) is 5.56 Å². The van der Waals surface area contributed by atoms with Gasteiger partial charge in [0.15, 0.2) is 5.96 Å². The van der Waals surface area contributed by atoms with Crippen molar-refractivity contribution in [2.45, 2.75) is 19.1 Å². The van der Waals surface area contributed by atoms with Crippen LogP contribution in [0.5, 0.6) is 0 Å². The van der Waals surface area contributed by atoms with Crippen molar-refractivity contribution in [1.82, 2.24) is 10.6 Å². The predicted molar refractivity (Wildman–Crippen MR) is 82.6 cm³/mol. The molecular weight excluding hydrogens is 299 g/mol. The van der Waals surface area contributed by atoms with Crippen LogP contribution in [-0.2, 0) is 12.7 Å². The van der Waals surface area contributed by atoms with E-state index in [4.69, 9.17) is 0 Å². The molecule has 0 aliphatic rings. The van der Waals surface area contributed by atoms with Gasteiger partial charge in [0, 0.05) is 20.1 Å². The number of nitrogens with one attached hydrogen (secondary N) is 2. The number of benzene rings is 1. The molecular formula is C14H20F3N3S. The summed E-state index contributed by atoms with van der Waals surface area (Å²) in [5.41, 5.74) is 0.140. The Labute approximate surface area is 127 Å². The Balaban J connectivity index is 2.43. The fourth-order valence-electron chi connectivity index (χ4n) is 1.64. The van der Waals surface area contributed by atoms with Crippen LogP contribution in [0.15, 0.2) is 29.3 Å². The molecule has 1 aromatic rings. The van der Waals surface area contributed by atoms with Crippen LogP contribution in [0.25, 0.3) is 0 Å². The van der Waals surface area contributed by atoms with Crippen LogP contribution < -0.4 is 10.6 Å². The summed E-state index contributed by atoms with van der Waals surface area (Å²) in [6.07, 6.45) is -1.21. The first kappa shape index (κ1) is 17.7. The lowest BCUT2D eigenvalue weighted by Gasteiger charge is -2.12. The van der Waals surface area contributed by atoms with E-state index in [2.05, 4.69) is 21.9 Å². The Bertz CT molecular complexity index is 444. The van der Waals surface area contributed by atoms with Crippen LogP contribution in [0.3, 0.4) is 0 Å². The summed E-state index contributed by atoms with van der Waals surface area (Å²) >= 11 is 1.78. The third-order valence-electron chi connectivity index (χ3n) is 2.78. The molecule has 0 amide bonds. The highest BCUT2D eigenvalue weighted by molar-refractivity contribution is 7.98. The minimum absolute atomic E-state index is 0.431. The summed E-state index contributed by atoms with van der Waals surface area (Å²) in [4.78, 5) is 4.07. The maximum atomic E-state index is 12.4. The number of guanidine groups is 1. The Morgan fingerprint density at radius 1 is 1.19 bits per heavy atom. The van der Waals surface area contributed by atoms with Crippen LogP contribution in [0.2, 0.25) is 0 Å². The molecule has 3 nitrogen and oxygen atoms in total. The largest absolute Gasteiger partial charge is 0.416 e. The second-order valence-corrected chi connectivity index (χ2v) is 5.38. The third kappa shape index (κ3) is 6.75. The second kappa shape index (κ2) is 8.81. The monoisotopic (exact) mass is 319 g/mol. The van der Waals surface area contributed by atoms with E-state index in [9.17, 15) is 13.2 Å². The average molecular weight is 319 g/mol. The van der Waals surface area contributed by atoms with Gasteiger partial charge >= 0.3 is 6.18 Å². The Morgan fingerprint density at radius 3 is 2.38 bits per heavy atom. The van der Waals surface area contributed by atoms with E-state index >= 15 is 0 Å². The van der Waals surface area contributed by atoms with Crippen molar-refractivity contribution in [2.24, 2.45) is 4.99 Å². The number of hydrogen-bond acceptors (Lipinski definition) is 2. The molecule has 0 aliphatic heterocycles. The zero-order chi connectivity index (χ0) is 15.7. The van der Waals surface area contributed by atoms with Gasteiger partial charge in [-0.2, -0.15) is 24.9 Å². The smallest absolute Gasteiger partial charge is 0.356 e. The summed E-state index contributed by atoms with van der Waals surface area (Å²) in [5.74, 6) is 1.72. The highest BCUT2D eigenvalue weighted by Crippen LogP contribution is 2.28. The van der Waals surface area contributed by atoms with E-state index in [-0.39, 0.29) is 0 Å². The van der Waals surface area contributed by atoms with Gasteiger partial charge in [-0.25, -0.2) is 0 Å². The molecule has 118 valence electrons. The zero-order valence-corrected chi connectivity index (χ0v) is 12.9. The summed E-state index contributed by atoms with van der Waals surface area (Å²) in [5, 5.41) is 6.23. The van der Waals surface area contributed by atoms with Crippen LogP contribution in [-0.4, -0.2) is 31.6 Å². The van der Waals surface area contributed by atoms with Gasteiger partial charge in [-0.1, -0.05) is 12.1 Å². The predicted octanol–water partition coefficient (Wildman–Crippen LogP) is 3.12. The molecule has 2 N–H and O–H groups in total. The Kier molecular flexibility index (Phi) is 7.42. The fraction of sp³-hybridized carbons (Fsp3) is 0.500. The zero-order valence-electron chi connectivity index (χ0n) is 12.1. The van der Waals surface area contributed by atoms with Gasteiger partial charge in [0.2, 0.25) is 0 Å². The molecule has 1 aromatic carbocycles. The number of rotatable bonds is 6. The van der Waals surface area contributed by atoms with Gasteiger partial charge in [-0.15, -0.1) is 0 Å². The van der Waals surface area contributed by atoms with E-state index in [1.54, 1.807) is 18.8 Å². The van der Waals surface area contributed by atoms with Crippen LogP contribution in [0.4, 0.5) is 13.2 Å². The quantitative estimate of drug-likeness (QED) is 0.480. The number of alkyl halides is 3. The molecule has 1 rings (SSSR count). The molecule has 0 saturated carbocycles. The van der Waals surface area contributed by atoms with Gasteiger partial charge < -0.3 is 10.6 Å². The molecule has 0 aromatic heterocycles. The van der Waals surface area contributed by atoms with Crippen molar-refractivity contribution in [3.05, 3.63) is 35.4 Å². The van der Waals surface area contributed by atoms with Crippen LogP contribution in [0, 0.1) is 0 Å². The van der Waals surface area contributed by atoms with E-state index in [1.807, 2.05) is 0 Å². The van der Waals surface area contributed by atoms with Gasteiger partial charge in [0.25, 0.3) is 0 Å². The maximum Gasteiger partial charge on any atom is 0.416 e. The lowest BCUT2D eigenvalue weighted by atomic mass is 10.1. The SMILES string of the molecule is CN=C(NCCCSC)NCc1ccc(C(F)(F)F)cc1. The number of aliphatic imine (C=N–C) groups is 1. The Morgan fingerprint density at radius 2 is 1.86 bits per heavy atom. The number of hydrogen-bond donors (Lipinski definition) is 2. The minimum atomic E-state index is -4.29. The molecule has 7 heteroatoms. The van der Waals surface area contributed by atoms with Crippen molar-refractivity contribution in [3.63, 3.8) is 0 Å².